The van der Waals surface area contributed by atoms with Gasteiger partial charge in [0.15, 0.2) is 0 Å². The van der Waals surface area contributed by atoms with Gasteiger partial charge in [0.05, 0.1) is 4.88 Å². The second kappa shape index (κ2) is 5.38. The van der Waals surface area contributed by atoms with Crippen molar-refractivity contribution < 1.29 is 4.79 Å². The van der Waals surface area contributed by atoms with Crippen LogP contribution in [0.25, 0.3) is 0 Å². The predicted octanol–water partition coefficient (Wildman–Crippen LogP) is 1.24. The van der Waals surface area contributed by atoms with E-state index in [0.29, 0.717) is 6.54 Å². The molecule has 0 atom stereocenters. The van der Waals surface area contributed by atoms with Gasteiger partial charge in [0, 0.05) is 38.3 Å². The van der Waals surface area contributed by atoms with Crippen LogP contribution in [0.2, 0.25) is 0 Å². The zero-order chi connectivity index (χ0) is 13.2. The van der Waals surface area contributed by atoms with Gasteiger partial charge in [0.25, 0.3) is 5.91 Å². The Labute approximate surface area is 112 Å². The number of hydrogen-bond acceptors (Lipinski definition) is 4. The molecule has 0 spiro atoms. The molecule has 18 heavy (non-hydrogen) atoms. The summed E-state index contributed by atoms with van der Waals surface area (Å²) in [4.78, 5) is 17.3. The van der Waals surface area contributed by atoms with Gasteiger partial charge < -0.3 is 10.6 Å². The van der Waals surface area contributed by atoms with E-state index in [0.717, 1.165) is 31.1 Å². The van der Waals surface area contributed by atoms with Crippen molar-refractivity contribution in [1.82, 2.24) is 9.80 Å². The maximum absolute atomic E-state index is 12.2. The summed E-state index contributed by atoms with van der Waals surface area (Å²) in [5.41, 5.74) is 5.81. The lowest BCUT2D eigenvalue weighted by molar-refractivity contribution is 0.0429. The molecule has 1 aromatic heterocycles. The Balaban J connectivity index is 1.93. The molecule has 0 aromatic carbocycles. The molecule has 2 rings (SSSR count). The van der Waals surface area contributed by atoms with Crippen LogP contribution in [-0.4, -0.2) is 54.0 Å². The van der Waals surface area contributed by atoms with E-state index in [-0.39, 0.29) is 11.4 Å². The van der Waals surface area contributed by atoms with Gasteiger partial charge in [-0.2, -0.15) is 0 Å². The van der Waals surface area contributed by atoms with E-state index >= 15 is 0 Å². The summed E-state index contributed by atoms with van der Waals surface area (Å²) in [7, 11) is 0. The Kier molecular flexibility index (Phi) is 4.04. The molecule has 0 saturated carbocycles. The predicted molar refractivity (Wildman–Crippen MR) is 74.9 cm³/mol. The number of nitrogens with zero attached hydrogens (tertiary/aromatic N) is 2. The van der Waals surface area contributed by atoms with Gasteiger partial charge in [0.1, 0.15) is 0 Å². The van der Waals surface area contributed by atoms with Gasteiger partial charge in [0.2, 0.25) is 0 Å². The van der Waals surface area contributed by atoms with Crippen LogP contribution < -0.4 is 5.73 Å². The zero-order valence-electron chi connectivity index (χ0n) is 11.1. The fourth-order valence-corrected chi connectivity index (χ4v) is 2.89. The standard InChI is InChI=1S/C13H21N3OS/c1-13(2,10-14)16-7-5-15(6-8-16)12(17)11-4-3-9-18-11/h3-4,9H,5-8,10,14H2,1-2H3. The summed E-state index contributed by atoms with van der Waals surface area (Å²) in [5.74, 6) is 0.162. The van der Waals surface area contributed by atoms with Gasteiger partial charge in [-0.1, -0.05) is 6.07 Å². The molecule has 0 bridgehead atoms. The van der Waals surface area contributed by atoms with Crippen molar-refractivity contribution in [3.05, 3.63) is 22.4 Å². The molecule has 1 fully saturated rings. The Bertz CT molecular complexity index is 394. The summed E-state index contributed by atoms with van der Waals surface area (Å²) in [6.07, 6.45) is 0. The first-order valence-corrected chi connectivity index (χ1v) is 7.20. The van der Waals surface area contributed by atoms with Crippen molar-refractivity contribution in [2.24, 2.45) is 5.73 Å². The van der Waals surface area contributed by atoms with Gasteiger partial charge in [-0.15, -0.1) is 11.3 Å². The Morgan fingerprint density at radius 1 is 1.39 bits per heavy atom. The fourth-order valence-electron chi connectivity index (χ4n) is 2.20. The van der Waals surface area contributed by atoms with Crippen LogP contribution in [0, 0.1) is 0 Å². The summed E-state index contributed by atoms with van der Waals surface area (Å²) < 4.78 is 0. The van der Waals surface area contributed by atoms with E-state index in [4.69, 9.17) is 5.73 Å². The smallest absolute Gasteiger partial charge is 0.264 e. The van der Waals surface area contributed by atoms with Gasteiger partial charge in [-0.3, -0.25) is 9.69 Å². The highest BCUT2D eigenvalue weighted by molar-refractivity contribution is 7.12. The third kappa shape index (κ3) is 2.74. The monoisotopic (exact) mass is 267 g/mol. The molecule has 2 N–H and O–H groups in total. The van der Waals surface area contributed by atoms with Crippen LogP contribution in [0.3, 0.4) is 0 Å². The first-order chi connectivity index (χ1) is 8.54. The van der Waals surface area contributed by atoms with Crippen molar-refractivity contribution >= 4 is 17.2 Å². The molecular formula is C13H21N3OS. The molecule has 5 heteroatoms. The second-order valence-electron chi connectivity index (χ2n) is 5.27. The van der Waals surface area contributed by atoms with Crippen LogP contribution in [0.4, 0.5) is 0 Å². The van der Waals surface area contributed by atoms with Gasteiger partial charge in [-0.05, 0) is 25.3 Å². The molecule has 1 aliphatic rings. The van der Waals surface area contributed by atoms with Crippen molar-refractivity contribution in [2.75, 3.05) is 32.7 Å². The number of hydrogen-bond donors (Lipinski definition) is 1. The van der Waals surface area contributed by atoms with Crippen molar-refractivity contribution in [2.45, 2.75) is 19.4 Å². The van der Waals surface area contributed by atoms with Crippen molar-refractivity contribution in [1.29, 1.82) is 0 Å². The molecule has 4 nitrogen and oxygen atoms in total. The van der Waals surface area contributed by atoms with E-state index in [2.05, 4.69) is 18.7 Å². The minimum atomic E-state index is 0.0259. The van der Waals surface area contributed by atoms with E-state index in [1.807, 2.05) is 22.4 Å². The summed E-state index contributed by atoms with van der Waals surface area (Å²) >= 11 is 1.51. The minimum absolute atomic E-state index is 0.0259. The maximum atomic E-state index is 12.2. The average molecular weight is 267 g/mol. The molecule has 100 valence electrons. The molecule has 1 saturated heterocycles. The minimum Gasteiger partial charge on any atom is -0.335 e. The Morgan fingerprint density at radius 2 is 2.06 bits per heavy atom. The SMILES string of the molecule is CC(C)(CN)N1CCN(C(=O)c2cccs2)CC1. The Hall–Kier alpha value is -0.910. The average Bonchev–Trinajstić information content (AvgIpc) is 2.92. The number of nitrogens with two attached hydrogens (primary N) is 1. The highest BCUT2D eigenvalue weighted by Crippen LogP contribution is 2.18. The van der Waals surface area contributed by atoms with Crippen molar-refractivity contribution in [3.8, 4) is 0 Å². The molecule has 0 radical (unpaired) electrons. The summed E-state index contributed by atoms with van der Waals surface area (Å²) in [6.45, 7) is 8.35. The van der Waals surface area contributed by atoms with Crippen LogP contribution in [-0.2, 0) is 0 Å². The van der Waals surface area contributed by atoms with Crippen LogP contribution in [0.1, 0.15) is 23.5 Å². The van der Waals surface area contributed by atoms with Crippen LogP contribution in [0.5, 0.6) is 0 Å². The lowest BCUT2D eigenvalue weighted by Crippen LogP contribution is -2.58. The number of carbonyl (C=O) groups excluding carboxylic acids is 1. The fraction of sp³-hybridized carbons (Fsp3) is 0.615. The second-order valence-corrected chi connectivity index (χ2v) is 6.22. The highest BCUT2D eigenvalue weighted by atomic mass is 32.1. The van der Waals surface area contributed by atoms with Crippen molar-refractivity contribution in [3.63, 3.8) is 0 Å². The number of thiophene rings is 1. The normalized spacial score (nSPS) is 18.1. The lowest BCUT2D eigenvalue weighted by Gasteiger charge is -2.43. The third-order valence-corrected chi connectivity index (χ3v) is 4.51. The zero-order valence-corrected chi connectivity index (χ0v) is 11.9. The van der Waals surface area contributed by atoms with E-state index in [1.165, 1.54) is 11.3 Å². The van der Waals surface area contributed by atoms with Crippen LogP contribution >= 0.6 is 11.3 Å². The number of carbonyl (C=O) groups is 1. The molecule has 0 unspecified atom stereocenters. The number of rotatable bonds is 3. The van der Waals surface area contributed by atoms with E-state index in [1.54, 1.807) is 0 Å². The molecular weight excluding hydrogens is 246 g/mol. The third-order valence-electron chi connectivity index (χ3n) is 3.65. The van der Waals surface area contributed by atoms with Gasteiger partial charge in [-0.25, -0.2) is 0 Å². The Morgan fingerprint density at radius 3 is 2.56 bits per heavy atom. The first-order valence-electron chi connectivity index (χ1n) is 6.32. The maximum Gasteiger partial charge on any atom is 0.264 e. The molecule has 0 aliphatic carbocycles. The quantitative estimate of drug-likeness (QED) is 0.896. The largest absolute Gasteiger partial charge is 0.335 e. The highest BCUT2D eigenvalue weighted by Gasteiger charge is 2.30. The summed E-state index contributed by atoms with van der Waals surface area (Å²) in [5, 5.41) is 1.95. The topological polar surface area (TPSA) is 49.6 Å². The molecule has 1 aromatic rings. The number of piperazine rings is 1. The van der Waals surface area contributed by atoms with E-state index < -0.39 is 0 Å². The first kappa shape index (κ1) is 13.5. The van der Waals surface area contributed by atoms with E-state index in [9.17, 15) is 4.79 Å². The molecule has 1 amide bonds. The lowest BCUT2D eigenvalue weighted by atomic mass is 10.0. The number of amides is 1. The van der Waals surface area contributed by atoms with Crippen LogP contribution in [0.15, 0.2) is 17.5 Å². The molecule has 2 heterocycles. The molecule has 1 aliphatic heterocycles. The van der Waals surface area contributed by atoms with Gasteiger partial charge >= 0.3 is 0 Å². The summed E-state index contributed by atoms with van der Waals surface area (Å²) in [6, 6.07) is 3.81.